The highest BCUT2D eigenvalue weighted by atomic mass is 16.3. The molecule has 1 saturated carbocycles. The molecule has 6 nitrogen and oxygen atoms in total. The van der Waals surface area contributed by atoms with Gasteiger partial charge in [0, 0.05) is 18.0 Å². The molecule has 1 aliphatic rings. The number of aliphatic hydroxyl groups is 1. The fraction of sp³-hybridized carbons (Fsp3) is 0.375. The van der Waals surface area contributed by atoms with E-state index >= 15 is 0 Å². The zero-order valence-electron chi connectivity index (χ0n) is 12.5. The number of amides is 2. The SMILES string of the molecule is Cc1c(C2CC2)nn(-c2ccccc2)c1NC(=O)NCCO. The average molecular weight is 300 g/mol. The lowest BCUT2D eigenvalue weighted by Gasteiger charge is -2.10. The first kappa shape index (κ1) is 14.6. The predicted molar refractivity (Wildman–Crippen MR) is 84.4 cm³/mol. The zero-order valence-corrected chi connectivity index (χ0v) is 12.5. The average Bonchev–Trinajstić information content (AvgIpc) is 3.33. The molecule has 0 bridgehead atoms. The van der Waals surface area contributed by atoms with E-state index in [0.29, 0.717) is 11.7 Å². The van der Waals surface area contributed by atoms with Gasteiger partial charge in [-0.2, -0.15) is 5.10 Å². The van der Waals surface area contributed by atoms with Crippen LogP contribution in [-0.4, -0.2) is 34.1 Å². The lowest BCUT2D eigenvalue weighted by atomic mass is 10.2. The summed E-state index contributed by atoms with van der Waals surface area (Å²) in [7, 11) is 0. The van der Waals surface area contributed by atoms with Crippen molar-refractivity contribution in [3.05, 3.63) is 41.6 Å². The van der Waals surface area contributed by atoms with Crippen LogP contribution in [0, 0.1) is 6.92 Å². The molecule has 116 valence electrons. The second kappa shape index (κ2) is 6.19. The lowest BCUT2D eigenvalue weighted by Crippen LogP contribution is -2.32. The molecule has 0 radical (unpaired) electrons. The maximum atomic E-state index is 11.9. The van der Waals surface area contributed by atoms with Crippen LogP contribution < -0.4 is 10.6 Å². The van der Waals surface area contributed by atoms with Gasteiger partial charge in [-0.15, -0.1) is 0 Å². The lowest BCUT2D eigenvalue weighted by molar-refractivity contribution is 0.244. The first-order valence-electron chi connectivity index (χ1n) is 7.51. The molecule has 2 aromatic rings. The Morgan fingerprint density at radius 3 is 2.73 bits per heavy atom. The van der Waals surface area contributed by atoms with E-state index in [0.717, 1.165) is 29.8 Å². The largest absolute Gasteiger partial charge is 0.395 e. The molecule has 6 heteroatoms. The number of aromatic nitrogens is 2. The van der Waals surface area contributed by atoms with Crippen LogP contribution in [0.5, 0.6) is 0 Å². The van der Waals surface area contributed by atoms with E-state index in [2.05, 4.69) is 10.6 Å². The maximum Gasteiger partial charge on any atom is 0.320 e. The number of benzene rings is 1. The summed E-state index contributed by atoms with van der Waals surface area (Å²) in [5, 5.41) is 18.9. The van der Waals surface area contributed by atoms with Crippen LogP contribution in [-0.2, 0) is 0 Å². The van der Waals surface area contributed by atoms with Crippen molar-refractivity contribution in [2.45, 2.75) is 25.7 Å². The van der Waals surface area contributed by atoms with Gasteiger partial charge >= 0.3 is 6.03 Å². The Labute approximate surface area is 129 Å². The number of carbonyl (C=O) groups excluding carboxylic acids is 1. The molecule has 0 saturated heterocycles. The van der Waals surface area contributed by atoms with Crippen molar-refractivity contribution in [2.24, 2.45) is 0 Å². The molecule has 1 aliphatic carbocycles. The van der Waals surface area contributed by atoms with Gasteiger partial charge in [0.15, 0.2) is 0 Å². The van der Waals surface area contributed by atoms with E-state index in [1.165, 1.54) is 0 Å². The van der Waals surface area contributed by atoms with Crippen molar-refractivity contribution in [2.75, 3.05) is 18.5 Å². The molecule has 0 atom stereocenters. The quantitative estimate of drug-likeness (QED) is 0.792. The van der Waals surface area contributed by atoms with E-state index < -0.39 is 0 Å². The zero-order chi connectivity index (χ0) is 15.5. The summed E-state index contributed by atoms with van der Waals surface area (Å²) in [6.07, 6.45) is 2.31. The summed E-state index contributed by atoms with van der Waals surface area (Å²) in [6, 6.07) is 9.41. The third-order valence-corrected chi connectivity index (χ3v) is 3.75. The number of carbonyl (C=O) groups is 1. The standard InChI is InChI=1S/C16H20N4O2/c1-11-14(12-7-8-12)19-20(13-5-3-2-4-6-13)15(11)18-16(22)17-9-10-21/h2-6,12,21H,7-10H2,1H3,(H2,17,18,22). The maximum absolute atomic E-state index is 11.9. The number of nitrogens with one attached hydrogen (secondary N) is 2. The molecule has 0 unspecified atom stereocenters. The Bertz CT molecular complexity index is 662. The van der Waals surface area contributed by atoms with Crippen molar-refractivity contribution < 1.29 is 9.90 Å². The number of aliphatic hydroxyl groups excluding tert-OH is 1. The van der Waals surface area contributed by atoms with E-state index in [4.69, 9.17) is 10.2 Å². The van der Waals surface area contributed by atoms with E-state index in [1.807, 2.05) is 37.3 Å². The minimum absolute atomic E-state index is 0.0856. The highest BCUT2D eigenvalue weighted by Gasteiger charge is 2.30. The van der Waals surface area contributed by atoms with Crippen molar-refractivity contribution in [3.8, 4) is 5.69 Å². The molecule has 2 amide bonds. The summed E-state index contributed by atoms with van der Waals surface area (Å²) in [5.74, 6) is 1.19. The Morgan fingerprint density at radius 1 is 1.36 bits per heavy atom. The molecular formula is C16H20N4O2. The fourth-order valence-corrected chi connectivity index (χ4v) is 2.48. The number of urea groups is 1. The third-order valence-electron chi connectivity index (χ3n) is 3.75. The van der Waals surface area contributed by atoms with Crippen molar-refractivity contribution in [1.82, 2.24) is 15.1 Å². The molecule has 0 aliphatic heterocycles. The smallest absolute Gasteiger partial charge is 0.320 e. The van der Waals surface area contributed by atoms with Crippen LogP contribution >= 0.6 is 0 Å². The molecule has 1 heterocycles. The van der Waals surface area contributed by atoms with Gasteiger partial charge in [-0.1, -0.05) is 18.2 Å². The third kappa shape index (κ3) is 2.96. The Balaban J connectivity index is 1.94. The van der Waals surface area contributed by atoms with Crippen molar-refractivity contribution >= 4 is 11.8 Å². The van der Waals surface area contributed by atoms with Crippen molar-refractivity contribution in [1.29, 1.82) is 0 Å². The van der Waals surface area contributed by atoms with Crippen LogP contribution in [0.3, 0.4) is 0 Å². The van der Waals surface area contributed by atoms with Crippen LogP contribution in [0.25, 0.3) is 5.69 Å². The van der Waals surface area contributed by atoms with E-state index in [9.17, 15) is 4.79 Å². The van der Waals surface area contributed by atoms with Crippen molar-refractivity contribution in [3.63, 3.8) is 0 Å². The Morgan fingerprint density at radius 2 is 2.09 bits per heavy atom. The summed E-state index contributed by atoms with van der Waals surface area (Å²) >= 11 is 0. The summed E-state index contributed by atoms with van der Waals surface area (Å²) in [6.45, 7) is 2.12. The number of anilines is 1. The van der Waals surface area contributed by atoms with Gasteiger partial charge in [0.25, 0.3) is 0 Å². The second-order valence-corrected chi connectivity index (χ2v) is 5.48. The Kier molecular flexibility index (Phi) is 4.11. The number of hydrogen-bond acceptors (Lipinski definition) is 3. The number of para-hydroxylation sites is 1. The van der Waals surface area contributed by atoms with Gasteiger partial charge in [0.05, 0.1) is 18.0 Å². The number of rotatable bonds is 5. The van der Waals surface area contributed by atoms with E-state index in [-0.39, 0.29) is 19.2 Å². The number of nitrogens with zero attached hydrogens (tertiary/aromatic N) is 2. The van der Waals surface area contributed by atoms with Gasteiger partial charge < -0.3 is 10.4 Å². The molecule has 3 N–H and O–H groups in total. The van der Waals surface area contributed by atoms with Gasteiger partial charge in [0.1, 0.15) is 5.82 Å². The van der Waals surface area contributed by atoms with Gasteiger partial charge in [-0.3, -0.25) is 5.32 Å². The normalized spacial score (nSPS) is 13.9. The molecular weight excluding hydrogens is 280 g/mol. The monoisotopic (exact) mass is 300 g/mol. The van der Waals surface area contributed by atoms with Crippen LogP contribution in [0.1, 0.15) is 30.0 Å². The van der Waals surface area contributed by atoms with Gasteiger partial charge in [0.2, 0.25) is 0 Å². The highest BCUT2D eigenvalue weighted by molar-refractivity contribution is 5.89. The summed E-state index contributed by atoms with van der Waals surface area (Å²) in [4.78, 5) is 11.9. The minimum atomic E-state index is -0.337. The molecule has 3 rings (SSSR count). The first-order chi connectivity index (χ1) is 10.7. The topological polar surface area (TPSA) is 79.2 Å². The predicted octanol–water partition coefficient (Wildman–Crippen LogP) is 2.17. The van der Waals surface area contributed by atoms with Crippen LogP contribution in [0.4, 0.5) is 10.6 Å². The highest BCUT2D eigenvalue weighted by Crippen LogP contribution is 2.42. The molecule has 0 spiro atoms. The van der Waals surface area contributed by atoms with E-state index in [1.54, 1.807) is 4.68 Å². The molecule has 1 fully saturated rings. The minimum Gasteiger partial charge on any atom is -0.395 e. The molecule has 1 aromatic carbocycles. The second-order valence-electron chi connectivity index (χ2n) is 5.48. The molecule has 1 aromatic heterocycles. The fourth-order valence-electron chi connectivity index (χ4n) is 2.48. The first-order valence-corrected chi connectivity index (χ1v) is 7.51. The summed E-state index contributed by atoms with van der Waals surface area (Å²) in [5.41, 5.74) is 2.97. The number of hydrogen-bond donors (Lipinski definition) is 3. The van der Waals surface area contributed by atoms with Gasteiger partial charge in [-0.05, 0) is 31.9 Å². The Hall–Kier alpha value is -2.34. The van der Waals surface area contributed by atoms with Gasteiger partial charge in [-0.25, -0.2) is 9.48 Å². The molecule has 22 heavy (non-hydrogen) atoms. The summed E-state index contributed by atoms with van der Waals surface area (Å²) < 4.78 is 1.78. The van der Waals surface area contributed by atoms with Crippen LogP contribution in [0.15, 0.2) is 30.3 Å². The van der Waals surface area contributed by atoms with Crippen LogP contribution in [0.2, 0.25) is 0 Å².